The van der Waals surface area contributed by atoms with Crippen molar-refractivity contribution in [3.8, 4) is 22.8 Å². The Hall–Kier alpha value is -3.04. The highest BCUT2D eigenvalue weighted by Gasteiger charge is 2.32. The number of sulfonamides is 1. The van der Waals surface area contributed by atoms with Crippen LogP contribution in [0, 0.1) is 5.92 Å². The molecular weight excluding hydrogens is 416 g/mol. The van der Waals surface area contributed by atoms with Gasteiger partial charge >= 0.3 is 0 Å². The van der Waals surface area contributed by atoms with Crippen LogP contribution in [0.15, 0.2) is 48.7 Å². The predicted octanol–water partition coefficient (Wildman–Crippen LogP) is 2.63. The highest BCUT2D eigenvalue weighted by Crippen LogP contribution is 2.34. The number of aromatic nitrogens is 3. The lowest BCUT2D eigenvalue weighted by molar-refractivity contribution is 0.0962. The third-order valence-electron chi connectivity index (χ3n) is 5.11. The number of ether oxygens (including phenoxy) is 1. The topological polar surface area (TPSA) is 103 Å². The molecule has 0 atom stereocenters. The van der Waals surface area contributed by atoms with Crippen molar-refractivity contribution >= 4 is 15.8 Å². The van der Waals surface area contributed by atoms with Crippen LogP contribution in [-0.4, -0.2) is 48.9 Å². The van der Waals surface area contributed by atoms with Crippen LogP contribution in [0.25, 0.3) is 16.9 Å². The molecule has 2 heterocycles. The quantitative estimate of drug-likeness (QED) is 0.513. The van der Waals surface area contributed by atoms with Gasteiger partial charge in [0.25, 0.3) is 0 Å². The maximum absolute atomic E-state index is 12.6. The first kappa shape index (κ1) is 21.2. The molecule has 8 nitrogen and oxygen atoms in total. The summed E-state index contributed by atoms with van der Waals surface area (Å²) >= 11 is 0. The van der Waals surface area contributed by atoms with Gasteiger partial charge in [-0.05, 0) is 37.0 Å². The summed E-state index contributed by atoms with van der Waals surface area (Å²) in [5.74, 6) is 0.652. The van der Waals surface area contributed by atoms with Crippen LogP contribution in [-0.2, 0) is 16.4 Å². The van der Waals surface area contributed by atoms with Gasteiger partial charge in [0.1, 0.15) is 5.69 Å². The lowest BCUT2D eigenvalue weighted by Crippen LogP contribution is -2.24. The second kappa shape index (κ2) is 8.60. The second-order valence-electron chi connectivity index (χ2n) is 7.64. The SMILES string of the molecule is COc1ccc(-n2nc(C(=O)C3CC3)cc2-c2ccc(CCNS(C)(=O)=O)cc2)cn1. The molecule has 0 bridgehead atoms. The minimum Gasteiger partial charge on any atom is -0.481 e. The van der Waals surface area contributed by atoms with Crippen molar-refractivity contribution < 1.29 is 17.9 Å². The van der Waals surface area contributed by atoms with Crippen LogP contribution in [0.2, 0.25) is 0 Å². The fourth-order valence-corrected chi connectivity index (χ4v) is 3.77. The molecule has 0 aliphatic heterocycles. The van der Waals surface area contributed by atoms with E-state index in [2.05, 4.69) is 14.8 Å². The summed E-state index contributed by atoms with van der Waals surface area (Å²) in [5.41, 5.74) is 3.88. The maximum atomic E-state index is 12.6. The summed E-state index contributed by atoms with van der Waals surface area (Å²) in [5, 5.41) is 4.58. The number of nitrogens with zero attached hydrogens (tertiary/aromatic N) is 3. The van der Waals surface area contributed by atoms with Gasteiger partial charge in [-0.1, -0.05) is 24.3 Å². The maximum Gasteiger partial charge on any atom is 0.213 e. The van der Waals surface area contributed by atoms with Crippen molar-refractivity contribution in [2.75, 3.05) is 19.9 Å². The Morgan fingerprint density at radius 1 is 1.19 bits per heavy atom. The summed E-state index contributed by atoms with van der Waals surface area (Å²) in [6, 6.07) is 13.2. The molecular formula is C22H24N4O4S. The zero-order chi connectivity index (χ0) is 22.0. The fraction of sp³-hybridized carbons (Fsp3) is 0.318. The molecule has 1 aromatic carbocycles. The standard InChI is InChI=1S/C22H24N4O4S/c1-30-21-10-9-18(14-23-21)26-20(13-19(25-26)22(27)17-7-8-17)16-5-3-15(4-6-16)11-12-24-31(2,28)29/h3-6,9-10,13-14,17,24H,7-8,11-12H2,1-2H3. The molecule has 0 amide bonds. The third-order valence-corrected chi connectivity index (χ3v) is 5.84. The minimum absolute atomic E-state index is 0.0740. The van der Waals surface area contributed by atoms with Crippen molar-refractivity contribution in [1.29, 1.82) is 0 Å². The molecule has 0 radical (unpaired) electrons. The van der Waals surface area contributed by atoms with Crippen molar-refractivity contribution in [1.82, 2.24) is 19.5 Å². The average Bonchev–Trinajstić information content (AvgIpc) is 3.51. The van der Waals surface area contributed by atoms with Crippen LogP contribution in [0.4, 0.5) is 0 Å². The van der Waals surface area contributed by atoms with Crippen LogP contribution in [0.1, 0.15) is 28.9 Å². The van der Waals surface area contributed by atoms with E-state index in [1.807, 2.05) is 36.4 Å². The van der Waals surface area contributed by atoms with Gasteiger partial charge in [0, 0.05) is 24.1 Å². The summed E-state index contributed by atoms with van der Waals surface area (Å²) in [6.45, 7) is 0.341. The molecule has 4 rings (SSSR count). The molecule has 9 heteroatoms. The Balaban J connectivity index is 1.63. The monoisotopic (exact) mass is 440 g/mol. The molecule has 0 spiro atoms. The minimum atomic E-state index is -3.20. The van der Waals surface area contributed by atoms with Crippen LogP contribution < -0.4 is 9.46 Å². The van der Waals surface area contributed by atoms with E-state index in [-0.39, 0.29) is 11.7 Å². The number of rotatable bonds is 9. The van der Waals surface area contributed by atoms with Crippen molar-refractivity contribution in [2.24, 2.45) is 5.92 Å². The molecule has 1 fully saturated rings. The van der Waals surface area contributed by atoms with Gasteiger partial charge in [0.15, 0.2) is 5.78 Å². The molecule has 0 saturated heterocycles. The van der Waals surface area contributed by atoms with Crippen LogP contribution >= 0.6 is 0 Å². The molecule has 1 saturated carbocycles. The number of hydrogen-bond donors (Lipinski definition) is 1. The first-order valence-corrected chi connectivity index (χ1v) is 11.9. The third kappa shape index (κ3) is 5.18. The number of ketones is 1. The van der Waals surface area contributed by atoms with Gasteiger partial charge in [-0.25, -0.2) is 22.8 Å². The van der Waals surface area contributed by atoms with E-state index in [0.29, 0.717) is 24.5 Å². The van der Waals surface area contributed by atoms with E-state index in [1.54, 1.807) is 24.1 Å². The van der Waals surface area contributed by atoms with E-state index in [0.717, 1.165) is 41.6 Å². The molecule has 3 aromatic rings. The van der Waals surface area contributed by atoms with Gasteiger partial charge in [-0.2, -0.15) is 5.10 Å². The normalized spacial score (nSPS) is 13.9. The Labute approximate surface area is 181 Å². The van der Waals surface area contributed by atoms with Crippen molar-refractivity contribution in [3.63, 3.8) is 0 Å². The Morgan fingerprint density at radius 2 is 1.94 bits per heavy atom. The zero-order valence-corrected chi connectivity index (χ0v) is 18.2. The largest absolute Gasteiger partial charge is 0.481 e. The van der Waals surface area contributed by atoms with E-state index >= 15 is 0 Å². The molecule has 2 aromatic heterocycles. The number of carbonyl (C=O) groups excluding carboxylic acids is 1. The number of carbonyl (C=O) groups is 1. The Bertz CT molecular complexity index is 1180. The first-order chi connectivity index (χ1) is 14.8. The summed E-state index contributed by atoms with van der Waals surface area (Å²) in [4.78, 5) is 16.9. The van der Waals surface area contributed by atoms with Gasteiger partial charge < -0.3 is 4.74 Å². The van der Waals surface area contributed by atoms with Crippen LogP contribution in [0.3, 0.4) is 0 Å². The van der Waals surface area contributed by atoms with E-state index in [4.69, 9.17) is 4.74 Å². The van der Waals surface area contributed by atoms with Gasteiger partial charge in [-0.3, -0.25) is 4.79 Å². The van der Waals surface area contributed by atoms with Crippen molar-refractivity contribution in [2.45, 2.75) is 19.3 Å². The number of Topliss-reactive ketones (excluding diaryl/α,β-unsaturated/α-hetero) is 1. The number of pyridine rings is 1. The number of methoxy groups -OCH3 is 1. The highest BCUT2D eigenvalue weighted by atomic mass is 32.2. The fourth-order valence-electron chi connectivity index (χ4n) is 3.30. The summed E-state index contributed by atoms with van der Waals surface area (Å²) in [7, 11) is -1.65. The lowest BCUT2D eigenvalue weighted by atomic mass is 10.1. The first-order valence-electron chi connectivity index (χ1n) is 10.0. The van der Waals surface area contributed by atoms with E-state index < -0.39 is 10.0 Å². The molecule has 31 heavy (non-hydrogen) atoms. The van der Waals surface area contributed by atoms with Gasteiger partial charge in [0.05, 0.1) is 30.9 Å². The highest BCUT2D eigenvalue weighted by molar-refractivity contribution is 7.88. The predicted molar refractivity (Wildman–Crippen MR) is 117 cm³/mol. The van der Waals surface area contributed by atoms with E-state index in [1.165, 1.54) is 0 Å². The number of benzene rings is 1. The van der Waals surface area contributed by atoms with Gasteiger partial charge in [0.2, 0.25) is 15.9 Å². The Morgan fingerprint density at radius 3 is 2.52 bits per heavy atom. The van der Waals surface area contributed by atoms with Gasteiger partial charge in [-0.15, -0.1) is 0 Å². The van der Waals surface area contributed by atoms with Crippen molar-refractivity contribution in [3.05, 3.63) is 59.9 Å². The summed E-state index contributed by atoms with van der Waals surface area (Å²) < 4.78 is 31.8. The lowest BCUT2D eigenvalue weighted by Gasteiger charge is -2.09. The Kier molecular flexibility index (Phi) is 5.88. The average molecular weight is 441 g/mol. The summed E-state index contributed by atoms with van der Waals surface area (Å²) in [6.07, 6.45) is 5.22. The number of hydrogen-bond acceptors (Lipinski definition) is 6. The molecule has 1 aliphatic carbocycles. The molecule has 1 aliphatic rings. The number of nitrogens with one attached hydrogen (secondary N) is 1. The van der Waals surface area contributed by atoms with Crippen LogP contribution in [0.5, 0.6) is 5.88 Å². The smallest absolute Gasteiger partial charge is 0.213 e. The van der Waals surface area contributed by atoms with E-state index in [9.17, 15) is 13.2 Å². The second-order valence-corrected chi connectivity index (χ2v) is 9.47. The molecule has 162 valence electrons. The zero-order valence-electron chi connectivity index (χ0n) is 17.4. The molecule has 1 N–H and O–H groups in total. The molecule has 0 unspecified atom stereocenters.